The molecule has 1 aliphatic heterocycles. The fourth-order valence-corrected chi connectivity index (χ4v) is 1.95. The van der Waals surface area contributed by atoms with E-state index >= 15 is 0 Å². The molecule has 4 nitrogen and oxygen atoms in total. The Balaban J connectivity index is 2.39. The van der Waals surface area contributed by atoms with Crippen molar-refractivity contribution in [1.29, 1.82) is 0 Å². The van der Waals surface area contributed by atoms with Gasteiger partial charge < -0.3 is 20.5 Å². The number of likely N-dealkylation sites (tertiary alicyclic amines) is 1. The second-order valence-electron chi connectivity index (χ2n) is 3.89. The molecule has 0 unspecified atom stereocenters. The van der Waals surface area contributed by atoms with E-state index in [-0.39, 0.29) is 12.2 Å². The summed E-state index contributed by atoms with van der Waals surface area (Å²) in [6, 6.07) is 0. The van der Waals surface area contributed by atoms with E-state index in [2.05, 4.69) is 11.8 Å². The molecule has 0 bridgehead atoms. The van der Waals surface area contributed by atoms with Gasteiger partial charge in [-0.1, -0.05) is 6.92 Å². The van der Waals surface area contributed by atoms with Gasteiger partial charge in [0.25, 0.3) is 0 Å². The van der Waals surface area contributed by atoms with E-state index in [4.69, 9.17) is 15.6 Å². The van der Waals surface area contributed by atoms with Crippen molar-refractivity contribution < 1.29 is 9.84 Å². The van der Waals surface area contributed by atoms with Crippen molar-refractivity contribution in [2.45, 2.75) is 25.4 Å². The highest BCUT2D eigenvalue weighted by Gasteiger charge is 2.33. The van der Waals surface area contributed by atoms with Gasteiger partial charge in [-0.05, 0) is 19.4 Å². The molecule has 0 aromatic rings. The topological polar surface area (TPSA) is 58.7 Å². The van der Waals surface area contributed by atoms with Gasteiger partial charge in [-0.15, -0.1) is 0 Å². The fourth-order valence-electron chi connectivity index (χ4n) is 1.95. The minimum atomic E-state index is -0.172. The van der Waals surface area contributed by atoms with E-state index in [1.165, 1.54) is 0 Å². The Bertz CT molecular complexity index is 156. The number of nitrogens with two attached hydrogens (primary N) is 1. The van der Waals surface area contributed by atoms with Crippen LogP contribution >= 0.6 is 0 Å². The first-order valence-electron chi connectivity index (χ1n) is 5.43. The molecule has 14 heavy (non-hydrogen) atoms. The van der Waals surface area contributed by atoms with Gasteiger partial charge in [0.05, 0.1) is 18.8 Å². The van der Waals surface area contributed by atoms with Gasteiger partial charge in [0.2, 0.25) is 0 Å². The number of hydrogen-bond donors (Lipinski definition) is 2. The van der Waals surface area contributed by atoms with Gasteiger partial charge in [0.15, 0.2) is 0 Å². The van der Waals surface area contributed by atoms with E-state index in [1.807, 2.05) is 0 Å². The van der Waals surface area contributed by atoms with Crippen molar-refractivity contribution in [3.05, 3.63) is 0 Å². The number of nitrogens with zero attached hydrogens (tertiary/aromatic N) is 1. The van der Waals surface area contributed by atoms with E-state index in [0.29, 0.717) is 13.2 Å². The first-order valence-corrected chi connectivity index (χ1v) is 5.43. The number of piperidine rings is 1. The lowest BCUT2D eigenvalue weighted by Crippen LogP contribution is -2.50. The summed E-state index contributed by atoms with van der Waals surface area (Å²) in [7, 11) is 0. The smallest absolute Gasteiger partial charge is 0.0829 e. The standard InChI is InChI=1S/C10H22N2O2/c1-2-12-5-3-10(9-11,4-6-12)14-8-7-13/h13H,2-9,11H2,1H3. The number of aliphatic hydroxyl groups excluding tert-OH is 1. The Morgan fingerprint density at radius 1 is 1.43 bits per heavy atom. The molecule has 1 heterocycles. The number of hydrogen-bond acceptors (Lipinski definition) is 4. The number of rotatable bonds is 5. The van der Waals surface area contributed by atoms with Gasteiger partial charge in [-0.2, -0.15) is 0 Å². The second-order valence-corrected chi connectivity index (χ2v) is 3.89. The van der Waals surface area contributed by atoms with Crippen molar-refractivity contribution in [2.24, 2.45) is 5.73 Å². The molecule has 0 saturated carbocycles. The predicted molar refractivity (Wildman–Crippen MR) is 56.2 cm³/mol. The Morgan fingerprint density at radius 3 is 2.50 bits per heavy atom. The molecule has 1 rings (SSSR count). The van der Waals surface area contributed by atoms with Gasteiger partial charge in [-0.25, -0.2) is 0 Å². The first-order chi connectivity index (χ1) is 6.76. The number of ether oxygens (including phenoxy) is 1. The Morgan fingerprint density at radius 2 is 2.07 bits per heavy atom. The first kappa shape index (κ1) is 11.9. The van der Waals surface area contributed by atoms with Crippen LogP contribution in [0.25, 0.3) is 0 Å². The maximum atomic E-state index is 8.73. The molecule has 1 fully saturated rings. The lowest BCUT2D eigenvalue weighted by Gasteiger charge is -2.40. The molecule has 4 heteroatoms. The van der Waals surface area contributed by atoms with Crippen LogP contribution in [-0.2, 0) is 4.74 Å². The summed E-state index contributed by atoms with van der Waals surface area (Å²) in [4.78, 5) is 2.40. The highest BCUT2D eigenvalue weighted by atomic mass is 16.5. The van der Waals surface area contributed by atoms with Crippen LogP contribution in [0.3, 0.4) is 0 Å². The molecular weight excluding hydrogens is 180 g/mol. The van der Waals surface area contributed by atoms with Crippen molar-refractivity contribution in [2.75, 3.05) is 39.4 Å². The van der Waals surface area contributed by atoms with Crippen LogP contribution in [0.4, 0.5) is 0 Å². The summed E-state index contributed by atoms with van der Waals surface area (Å²) < 4.78 is 5.66. The van der Waals surface area contributed by atoms with Crippen LogP contribution in [0.2, 0.25) is 0 Å². The predicted octanol–water partition coefficient (Wildman–Crippen LogP) is -0.191. The van der Waals surface area contributed by atoms with Gasteiger partial charge in [0.1, 0.15) is 0 Å². The summed E-state index contributed by atoms with van der Waals surface area (Å²) >= 11 is 0. The molecule has 0 aromatic carbocycles. The molecule has 1 saturated heterocycles. The molecule has 84 valence electrons. The zero-order chi connectivity index (χ0) is 10.4. The Labute approximate surface area is 86.0 Å². The zero-order valence-electron chi connectivity index (χ0n) is 9.04. The summed E-state index contributed by atoms with van der Waals surface area (Å²) in [6.45, 7) is 6.43. The van der Waals surface area contributed by atoms with Crippen LogP contribution in [0, 0.1) is 0 Å². The van der Waals surface area contributed by atoms with Crippen LogP contribution < -0.4 is 5.73 Å². The summed E-state index contributed by atoms with van der Waals surface area (Å²) in [5.74, 6) is 0. The SMILES string of the molecule is CCN1CCC(CN)(OCCO)CC1. The van der Waals surface area contributed by atoms with E-state index in [0.717, 1.165) is 32.5 Å². The normalized spacial score (nSPS) is 22.5. The Hall–Kier alpha value is -0.160. The molecule has 0 radical (unpaired) electrons. The van der Waals surface area contributed by atoms with Crippen molar-refractivity contribution in [1.82, 2.24) is 4.90 Å². The highest BCUT2D eigenvalue weighted by Crippen LogP contribution is 2.24. The summed E-state index contributed by atoms with van der Waals surface area (Å²) in [5, 5.41) is 8.73. The molecule has 3 N–H and O–H groups in total. The van der Waals surface area contributed by atoms with Gasteiger partial charge in [-0.3, -0.25) is 0 Å². The Kier molecular flexibility index (Phi) is 4.81. The van der Waals surface area contributed by atoms with Gasteiger partial charge >= 0.3 is 0 Å². The average Bonchev–Trinajstić information content (AvgIpc) is 2.27. The van der Waals surface area contributed by atoms with E-state index in [9.17, 15) is 0 Å². The van der Waals surface area contributed by atoms with Crippen LogP contribution in [0.1, 0.15) is 19.8 Å². The summed E-state index contributed by atoms with van der Waals surface area (Å²) in [5.41, 5.74) is 5.57. The highest BCUT2D eigenvalue weighted by molar-refractivity contribution is 4.88. The van der Waals surface area contributed by atoms with E-state index < -0.39 is 0 Å². The zero-order valence-corrected chi connectivity index (χ0v) is 9.04. The van der Waals surface area contributed by atoms with Gasteiger partial charge in [0, 0.05) is 19.6 Å². The lowest BCUT2D eigenvalue weighted by atomic mass is 9.91. The minimum Gasteiger partial charge on any atom is -0.394 e. The van der Waals surface area contributed by atoms with Crippen molar-refractivity contribution >= 4 is 0 Å². The molecule has 1 aliphatic rings. The molecule has 0 aromatic heterocycles. The molecule has 0 amide bonds. The molecular formula is C10H22N2O2. The summed E-state index contributed by atoms with van der Waals surface area (Å²) in [6.07, 6.45) is 1.97. The van der Waals surface area contributed by atoms with Crippen LogP contribution in [0.5, 0.6) is 0 Å². The maximum Gasteiger partial charge on any atom is 0.0829 e. The fraction of sp³-hybridized carbons (Fsp3) is 1.00. The maximum absolute atomic E-state index is 8.73. The number of aliphatic hydroxyl groups is 1. The molecule has 0 aliphatic carbocycles. The minimum absolute atomic E-state index is 0.0826. The van der Waals surface area contributed by atoms with E-state index in [1.54, 1.807) is 0 Å². The largest absolute Gasteiger partial charge is 0.394 e. The third-order valence-corrected chi connectivity index (χ3v) is 3.09. The molecule has 0 atom stereocenters. The third kappa shape index (κ3) is 2.92. The van der Waals surface area contributed by atoms with Crippen LogP contribution in [0.15, 0.2) is 0 Å². The third-order valence-electron chi connectivity index (χ3n) is 3.09. The lowest BCUT2D eigenvalue weighted by molar-refractivity contribution is -0.0857. The average molecular weight is 202 g/mol. The quantitative estimate of drug-likeness (QED) is 0.648. The van der Waals surface area contributed by atoms with Crippen molar-refractivity contribution in [3.63, 3.8) is 0 Å². The second kappa shape index (κ2) is 5.66. The monoisotopic (exact) mass is 202 g/mol. The van der Waals surface area contributed by atoms with Crippen molar-refractivity contribution in [3.8, 4) is 0 Å². The molecule has 0 spiro atoms. The van der Waals surface area contributed by atoms with Crippen LogP contribution in [-0.4, -0.2) is 55.0 Å².